The number of hydrogen-bond donors (Lipinski definition) is 1. The molecule has 0 radical (unpaired) electrons. The summed E-state index contributed by atoms with van der Waals surface area (Å²) in [5.41, 5.74) is 6.35. The standard InChI is InChI=1S/C12H15F3N2O2/c1-2-17(7-12(13,14)15)9-6-11-10(5-8(9)16)18-3-4-19-11/h5-6H,2-4,7,16H2,1H3. The largest absolute Gasteiger partial charge is 0.486 e. The lowest BCUT2D eigenvalue weighted by atomic mass is 10.2. The highest BCUT2D eigenvalue weighted by Gasteiger charge is 2.31. The van der Waals surface area contributed by atoms with Gasteiger partial charge >= 0.3 is 6.18 Å². The fourth-order valence-electron chi connectivity index (χ4n) is 1.95. The van der Waals surface area contributed by atoms with Crippen LogP contribution in [0.4, 0.5) is 24.5 Å². The number of halogens is 3. The first-order valence-electron chi connectivity index (χ1n) is 5.91. The van der Waals surface area contributed by atoms with Gasteiger partial charge < -0.3 is 20.1 Å². The molecule has 1 aliphatic rings. The molecule has 1 aromatic carbocycles. The summed E-state index contributed by atoms with van der Waals surface area (Å²) in [4.78, 5) is 1.16. The van der Waals surface area contributed by atoms with Gasteiger partial charge in [0.05, 0.1) is 11.4 Å². The Bertz CT molecular complexity index is 463. The molecule has 2 rings (SSSR count). The summed E-state index contributed by atoms with van der Waals surface area (Å²) < 4.78 is 48.2. The molecule has 0 atom stereocenters. The molecule has 4 nitrogen and oxygen atoms in total. The van der Waals surface area contributed by atoms with Gasteiger partial charge in [0.15, 0.2) is 11.5 Å². The van der Waals surface area contributed by atoms with Gasteiger partial charge in [-0.25, -0.2) is 0 Å². The van der Waals surface area contributed by atoms with Gasteiger partial charge in [-0.2, -0.15) is 13.2 Å². The van der Waals surface area contributed by atoms with Gasteiger partial charge in [0, 0.05) is 18.7 Å². The third kappa shape index (κ3) is 3.15. The van der Waals surface area contributed by atoms with Gasteiger partial charge in [-0.05, 0) is 6.92 Å². The van der Waals surface area contributed by atoms with Crippen LogP contribution in [0, 0.1) is 0 Å². The van der Waals surface area contributed by atoms with Crippen molar-refractivity contribution in [3.63, 3.8) is 0 Å². The van der Waals surface area contributed by atoms with E-state index >= 15 is 0 Å². The molecular weight excluding hydrogens is 261 g/mol. The van der Waals surface area contributed by atoms with Crippen molar-refractivity contribution in [1.82, 2.24) is 0 Å². The first-order valence-corrected chi connectivity index (χ1v) is 5.91. The van der Waals surface area contributed by atoms with Crippen LogP contribution in [0.3, 0.4) is 0 Å². The molecule has 0 saturated carbocycles. The highest BCUT2D eigenvalue weighted by atomic mass is 19.4. The van der Waals surface area contributed by atoms with Gasteiger partial charge in [0.1, 0.15) is 19.8 Å². The Morgan fingerprint density at radius 3 is 2.32 bits per heavy atom. The number of benzene rings is 1. The SMILES string of the molecule is CCN(CC(F)(F)F)c1cc2c(cc1N)OCCO2. The van der Waals surface area contributed by atoms with Crippen LogP contribution in [-0.4, -0.2) is 32.5 Å². The van der Waals surface area contributed by atoms with Crippen molar-refractivity contribution in [2.75, 3.05) is 36.9 Å². The van der Waals surface area contributed by atoms with Gasteiger partial charge in [0.25, 0.3) is 0 Å². The van der Waals surface area contributed by atoms with Gasteiger partial charge in [-0.15, -0.1) is 0 Å². The second-order valence-corrected chi connectivity index (χ2v) is 4.18. The number of ether oxygens (including phenoxy) is 2. The van der Waals surface area contributed by atoms with Crippen molar-refractivity contribution < 1.29 is 22.6 Å². The molecule has 0 aromatic heterocycles. The third-order valence-corrected chi connectivity index (χ3v) is 2.78. The molecule has 1 aliphatic heterocycles. The molecule has 1 aromatic rings. The molecule has 0 unspecified atom stereocenters. The summed E-state index contributed by atoms with van der Waals surface area (Å²) in [6.45, 7) is 1.58. The number of fused-ring (bicyclic) bond motifs is 1. The number of rotatable bonds is 3. The van der Waals surface area contributed by atoms with E-state index in [1.54, 1.807) is 6.92 Å². The van der Waals surface area contributed by atoms with Crippen LogP contribution in [0.15, 0.2) is 12.1 Å². The van der Waals surface area contributed by atoms with Crippen LogP contribution in [0.2, 0.25) is 0 Å². The van der Waals surface area contributed by atoms with Crippen LogP contribution in [0.1, 0.15) is 6.92 Å². The maximum Gasteiger partial charge on any atom is 0.405 e. The topological polar surface area (TPSA) is 47.7 Å². The molecule has 7 heteroatoms. The molecule has 0 fully saturated rings. The number of nitrogen functional groups attached to an aromatic ring is 1. The quantitative estimate of drug-likeness (QED) is 0.861. The normalized spacial score (nSPS) is 14.3. The van der Waals surface area contributed by atoms with E-state index in [1.165, 1.54) is 12.1 Å². The molecular formula is C12H15F3N2O2. The van der Waals surface area contributed by atoms with Crippen molar-refractivity contribution in [3.05, 3.63) is 12.1 Å². The predicted octanol–water partition coefficient (Wildman–Crippen LogP) is 2.43. The summed E-state index contributed by atoms with van der Waals surface area (Å²) in [5.74, 6) is 0.895. The number of alkyl halides is 3. The highest BCUT2D eigenvalue weighted by molar-refractivity contribution is 5.73. The molecule has 1 heterocycles. The zero-order valence-corrected chi connectivity index (χ0v) is 10.5. The molecule has 0 amide bonds. The van der Waals surface area contributed by atoms with Crippen LogP contribution >= 0.6 is 0 Å². The maximum absolute atomic E-state index is 12.5. The summed E-state index contributed by atoms with van der Waals surface area (Å²) >= 11 is 0. The lowest BCUT2D eigenvalue weighted by Gasteiger charge is -2.28. The molecule has 0 saturated heterocycles. The summed E-state index contributed by atoms with van der Waals surface area (Å²) in [7, 11) is 0. The minimum Gasteiger partial charge on any atom is -0.486 e. The van der Waals surface area contributed by atoms with E-state index < -0.39 is 12.7 Å². The molecule has 2 N–H and O–H groups in total. The van der Waals surface area contributed by atoms with Crippen molar-refractivity contribution >= 4 is 11.4 Å². The Kier molecular flexibility index (Phi) is 3.64. The Balaban J connectivity index is 2.32. The maximum atomic E-state index is 12.5. The van der Waals surface area contributed by atoms with E-state index in [0.29, 0.717) is 30.4 Å². The van der Waals surface area contributed by atoms with Gasteiger partial charge in [-0.3, -0.25) is 0 Å². The predicted molar refractivity (Wildman–Crippen MR) is 65.8 cm³/mol. The number of nitrogens with two attached hydrogens (primary N) is 1. The van der Waals surface area contributed by atoms with Gasteiger partial charge in [0.2, 0.25) is 0 Å². The molecule has 0 spiro atoms. The Hall–Kier alpha value is -1.79. The fourth-order valence-corrected chi connectivity index (χ4v) is 1.95. The first-order chi connectivity index (χ1) is 8.90. The zero-order valence-electron chi connectivity index (χ0n) is 10.5. The van der Waals surface area contributed by atoms with E-state index in [4.69, 9.17) is 15.2 Å². The summed E-state index contributed by atoms with van der Waals surface area (Å²) in [5, 5.41) is 0. The minimum atomic E-state index is -4.28. The Morgan fingerprint density at radius 1 is 1.21 bits per heavy atom. The monoisotopic (exact) mass is 276 g/mol. The van der Waals surface area contributed by atoms with Crippen LogP contribution in [-0.2, 0) is 0 Å². The Labute approximate surface area is 108 Å². The number of hydrogen-bond acceptors (Lipinski definition) is 4. The lowest BCUT2D eigenvalue weighted by Crippen LogP contribution is -2.34. The molecule has 19 heavy (non-hydrogen) atoms. The van der Waals surface area contributed by atoms with Crippen LogP contribution in [0.25, 0.3) is 0 Å². The van der Waals surface area contributed by atoms with E-state index in [-0.39, 0.29) is 12.2 Å². The van der Waals surface area contributed by atoms with Gasteiger partial charge in [-0.1, -0.05) is 0 Å². The van der Waals surface area contributed by atoms with Crippen molar-refractivity contribution in [2.45, 2.75) is 13.1 Å². The van der Waals surface area contributed by atoms with E-state index in [9.17, 15) is 13.2 Å². The van der Waals surface area contributed by atoms with Crippen molar-refractivity contribution in [2.24, 2.45) is 0 Å². The van der Waals surface area contributed by atoms with Crippen LogP contribution in [0.5, 0.6) is 11.5 Å². The van der Waals surface area contributed by atoms with Crippen molar-refractivity contribution in [3.8, 4) is 11.5 Å². The highest BCUT2D eigenvalue weighted by Crippen LogP contribution is 2.39. The van der Waals surface area contributed by atoms with Crippen LogP contribution < -0.4 is 20.1 Å². The van der Waals surface area contributed by atoms with E-state index in [0.717, 1.165) is 4.90 Å². The second-order valence-electron chi connectivity index (χ2n) is 4.18. The zero-order chi connectivity index (χ0) is 14.0. The average Bonchev–Trinajstić information content (AvgIpc) is 2.34. The second kappa shape index (κ2) is 5.07. The molecule has 106 valence electrons. The summed E-state index contributed by atoms with van der Waals surface area (Å²) in [6.07, 6.45) is -4.28. The molecule has 0 bridgehead atoms. The molecule has 0 aliphatic carbocycles. The number of anilines is 2. The smallest absolute Gasteiger partial charge is 0.405 e. The number of nitrogens with zero attached hydrogens (tertiary/aromatic N) is 1. The van der Waals surface area contributed by atoms with Crippen molar-refractivity contribution in [1.29, 1.82) is 0 Å². The fraction of sp³-hybridized carbons (Fsp3) is 0.500. The lowest BCUT2D eigenvalue weighted by molar-refractivity contribution is -0.119. The summed E-state index contributed by atoms with van der Waals surface area (Å²) in [6, 6.07) is 3.00. The third-order valence-electron chi connectivity index (χ3n) is 2.78. The first kappa shape index (κ1) is 13.6. The van der Waals surface area contributed by atoms with E-state index in [1.807, 2.05) is 0 Å². The Morgan fingerprint density at radius 2 is 1.79 bits per heavy atom. The van der Waals surface area contributed by atoms with E-state index in [2.05, 4.69) is 0 Å². The minimum absolute atomic E-state index is 0.198. The average molecular weight is 276 g/mol.